The van der Waals surface area contributed by atoms with Crippen molar-refractivity contribution in [1.82, 2.24) is 0 Å². The first-order chi connectivity index (χ1) is 14.6. The average molecular weight is 471 g/mol. The van der Waals surface area contributed by atoms with Gasteiger partial charge in [-0.25, -0.2) is 0 Å². The topological polar surface area (TPSA) is 34.1 Å². The highest BCUT2D eigenvalue weighted by Crippen LogP contribution is 2.46. The second kappa shape index (κ2) is 9.10. The lowest BCUT2D eigenvalue weighted by molar-refractivity contribution is 0.111. The van der Waals surface area contributed by atoms with E-state index in [0.717, 1.165) is 41.6 Å². The van der Waals surface area contributed by atoms with Crippen molar-refractivity contribution in [3.63, 3.8) is 0 Å². The third-order valence-corrected chi connectivity index (χ3v) is 10.1. The fraction of sp³-hybridized carbons (Fsp3) is 0.250. The second-order valence-corrected chi connectivity index (χ2v) is 11.2. The molecule has 0 N–H and O–H groups in total. The molecule has 0 saturated heterocycles. The molecule has 0 radical (unpaired) electrons. The Morgan fingerprint density at radius 1 is 0.600 bits per heavy atom. The van der Waals surface area contributed by atoms with Crippen LogP contribution in [0.1, 0.15) is 56.8 Å². The van der Waals surface area contributed by atoms with Gasteiger partial charge >= 0.3 is 0 Å². The normalized spacial score (nSPS) is 11.2. The van der Waals surface area contributed by atoms with Gasteiger partial charge in [0.25, 0.3) is 0 Å². The predicted octanol–water partition coefficient (Wildman–Crippen LogP) is 8.25. The Kier molecular flexibility index (Phi) is 6.48. The van der Waals surface area contributed by atoms with Crippen LogP contribution in [0.2, 0.25) is 0 Å². The van der Waals surface area contributed by atoms with E-state index in [1.807, 2.05) is 23.5 Å². The van der Waals surface area contributed by atoms with Gasteiger partial charge in [-0.3, -0.25) is 9.59 Å². The van der Waals surface area contributed by atoms with Crippen LogP contribution in [-0.2, 0) is 19.3 Å². The van der Waals surface area contributed by atoms with E-state index in [1.54, 1.807) is 34.0 Å². The quantitative estimate of drug-likeness (QED) is 0.243. The lowest BCUT2D eigenvalue weighted by Gasteiger charge is -1.98. The third kappa shape index (κ3) is 3.89. The van der Waals surface area contributed by atoms with E-state index in [2.05, 4.69) is 39.0 Å². The van der Waals surface area contributed by atoms with E-state index < -0.39 is 0 Å². The first kappa shape index (κ1) is 21.4. The number of carbonyl (C=O) groups excluding carboxylic acids is 2. The van der Waals surface area contributed by atoms with Gasteiger partial charge in [0.05, 0.1) is 9.75 Å². The van der Waals surface area contributed by atoms with Gasteiger partial charge in [-0.15, -0.1) is 45.3 Å². The summed E-state index contributed by atoms with van der Waals surface area (Å²) in [7, 11) is 0. The largest absolute Gasteiger partial charge is 0.297 e. The van der Waals surface area contributed by atoms with E-state index in [9.17, 15) is 9.59 Å². The molecule has 0 fully saturated rings. The number of rotatable bonds is 8. The zero-order chi connectivity index (χ0) is 21.3. The minimum atomic E-state index is 0.792. The molecule has 0 atom stereocenters. The molecule has 4 rings (SSSR count). The van der Waals surface area contributed by atoms with Crippen LogP contribution in [-0.4, -0.2) is 12.6 Å². The summed E-state index contributed by atoms with van der Waals surface area (Å²) in [6.45, 7) is 6.47. The molecule has 2 nitrogen and oxygen atoms in total. The molecular formula is C24H22O2S4. The summed E-state index contributed by atoms with van der Waals surface area (Å²) in [5, 5.41) is 0. The van der Waals surface area contributed by atoms with Gasteiger partial charge in [-0.2, -0.15) is 0 Å². The highest BCUT2D eigenvalue weighted by Gasteiger charge is 2.18. The zero-order valence-electron chi connectivity index (χ0n) is 17.1. The van der Waals surface area contributed by atoms with Crippen LogP contribution in [0.25, 0.3) is 29.3 Å². The Morgan fingerprint density at radius 3 is 1.50 bits per heavy atom. The van der Waals surface area contributed by atoms with Gasteiger partial charge in [0, 0.05) is 29.3 Å². The van der Waals surface area contributed by atoms with Gasteiger partial charge in [-0.05, 0) is 66.3 Å². The van der Waals surface area contributed by atoms with Gasteiger partial charge in [0.1, 0.15) is 0 Å². The third-order valence-electron chi connectivity index (χ3n) is 5.12. The predicted molar refractivity (Wildman–Crippen MR) is 133 cm³/mol. The van der Waals surface area contributed by atoms with Crippen molar-refractivity contribution in [2.75, 3.05) is 0 Å². The molecule has 4 heterocycles. The maximum absolute atomic E-state index is 11.3. The van der Waals surface area contributed by atoms with Crippen molar-refractivity contribution in [1.29, 1.82) is 0 Å². The molecule has 0 aliphatic carbocycles. The molecule has 4 aromatic rings. The molecule has 0 amide bonds. The molecule has 30 heavy (non-hydrogen) atoms. The Bertz CT molecular complexity index is 1200. The number of aryl methyl sites for hydroxylation is 3. The van der Waals surface area contributed by atoms with E-state index in [0.29, 0.717) is 0 Å². The van der Waals surface area contributed by atoms with Crippen LogP contribution in [0.3, 0.4) is 0 Å². The van der Waals surface area contributed by atoms with Crippen LogP contribution in [0.5, 0.6) is 0 Å². The Hall–Kier alpha value is -1.86. The summed E-state index contributed by atoms with van der Waals surface area (Å²) in [6, 6.07) is 10.7. The molecule has 0 unspecified atom stereocenters. The maximum atomic E-state index is 11.3. The lowest BCUT2D eigenvalue weighted by Crippen LogP contribution is -1.78. The smallest absolute Gasteiger partial charge is 0.160 e. The second-order valence-electron chi connectivity index (χ2n) is 6.93. The number of hydrogen-bond acceptors (Lipinski definition) is 6. The van der Waals surface area contributed by atoms with Gasteiger partial charge in [-0.1, -0.05) is 20.8 Å². The van der Waals surface area contributed by atoms with Crippen molar-refractivity contribution in [3.05, 3.63) is 56.8 Å². The summed E-state index contributed by atoms with van der Waals surface area (Å²) < 4.78 is 0. The maximum Gasteiger partial charge on any atom is 0.160 e. The molecule has 0 aromatic carbocycles. The van der Waals surface area contributed by atoms with E-state index >= 15 is 0 Å². The van der Waals surface area contributed by atoms with Crippen LogP contribution < -0.4 is 0 Å². The van der Waals surface area contributed by atoms with Gasteiger partial charge in [0.15, 0.2) is 12.6 Å². The lowest BCUT2D eigenvalue weighted by atomic mass is 10.1. The van der Waals surface area contributed by atoms with Crippen molar-refractivity contribution in [2.45, 2.75) is 40.0 Å². The molecule has 0 saturated carbocycles. The highest BCUT2D eigenvalue weighted by molar-refractivity contribution is 7.29. The fourth-order valence-electron chi connectivity index (χ4n) is 3.55. The van der Waals surface area contributed by atoms with Crippen molar-refractivity contribution in [2.24, 2.45) is 0 Å². The summed E-state index contributed by atoms with van der Waals surface area (Å²) in [5.74, 6) is 0. The monoisotopic (exact) mass is 470 g/mol. The summed E-state index contributed by atoms with van der Waals surface area (Å²) >= 11 is 6.80. The molecule has 0 spiro atoms. The Labute approximate surface area is 192 Å². The molecule has 4 aromatic heterocycles. The SMILES string of the molecule is CCc1cc(C=O)sc1-c1ccc(-c2sc(-c3sc(C=O)cc3CC)cc2CC)s1. The first-order valence-electron chi connectivity index (χ1n) is 10.0. The van der Waals surface area contributed by atoms with Crippen LogP contribution in [0.4, 0.5) is 0 Å². The molecule has 0 aliphatic heterocycles. The van der Waals surface area contributed by atoms with Crippen molar-refractivity contribution < 1.29 is 9.59 Å². The summed E-state index contributed by atoms with van der Waals surface area (Å²) in [4.78, 5) is 31.6. The van der Waals surface area contributed by atoms with Crippen molar-refractivity contribution in [3.8, 4) is 29.3 Å². The van der Waals surface area contributed by atoms with E-state index in [1.165, 1.54) is 46.0 Å². The number of carbonyl (C=O) groups is 2. The van der Waals surface area contributed by atoms with E-state index in [4.69, 9.17) is 0 Å². The minimum Gasteiger partial charge on any atom is -0.297 e. The Balaban J connectivity index is 1.76. The van der Waals surface area contributed by atoms with Gasteiger partial charge < -0.3 is 0 Å². The summed E-state index contributed by atoms with van der Waals surface area (Å²) in [5.41, 5.74) is 3.84. The number of hydrogen-bond donors (Lipinski definition) is 0. The molecule has 6 heteroatoms. The number of aldehydes is 2. The molecule has 154 valence electrons. The molecular weight excluding hydrogens is 449 g/mol. The van der Waals surface area contributed by atoms with Crippen molar-refractivity contribution >= 4 is 57.9 Å². The molecule has 0 aliphatic rings. The van der Waals surface area contributed by atoms with E-state index in [-0.39, 0.29) is 0 Å². The standard InChI is InChI=1S/C24H22O2S4/c1-4-14-9-17(12-25)27-22(14)19-7-8-20(29-19)23-16(6-3)11-21(30-23)24-15(5-2)10-18(13-26)28-24/h7-13H,4-6H2,1-3H3. The highest BCUT2D eigenvalue weighted by atomic mass is 32.1. The average Bonchev–Trinajstić information content (AvgIpc) is 3.55. The fourth-order valence-corrected chi connectivity index (χ4v) is 8.37. The number of thiophene rings is 4. The van der Waals surface area contributed by atoms with Crippen LogP contribution >= 0.6 is 45.3 Å². The molecule has 0 bridgehead atoms. The first-order valence-corrected chi connectivity index (χ1v) is 13.3. The van der Waals surface area contributed by atoms with Crippen LogP contribution in [0, 0.1) is 0 Å². The van der Waals surface area contributed by atoms with Crippen LogP contribution in [0.15, 0.2) is 30.3 Å². The Morgan fingerprint density at radius 2 is 1.03 bits per heavy atom. The minimum absolute atomic E-state index is 0.792. The van der Waals surface area contributed by atoms with Gasteiger partial charge in [0.2, 0.25) is 0 Å². The summed E-state index contributed by atoms with van der Waals surface area (Å²) in [6.07, 6.45) is 4.72. The zero-order valence-corrected chi connectivity index (χ0v) is 20.4.